The lowest BCUT2D eigenvalue weighted by atomic mass is 9.90. The fourth-order valence-electron chi connectivity index (χ4n) is 3.18. The summed E-state index contributed by atoms with van der Waals surface area (Å²) in [6.07, 6.45) is 8.03. The molecule has 1 N–H and O–H groups in total. The summed E-state index contributed by atoms with van der Waals surface area (Å²) in [6.45, 7) is 2.66. The Morgan fingerprint density at radius 3 is 2.79 bits per heavy atom. The van der Waals surface area contributed by atoms with Crippen molar-refractivity contribution in [3.05, 3.63) is 41.9 Å². The molecule has 0 aliphatic heterocycles. The van der Waals surface area contributed by atoms with Crippen LogP contribution in [0.1, 0.15) is 48.3 Å². The van der Waals surface area contributed by atoms with Crippen LogP contribution in [-0.4, -0.2) is 22.1 Å². The normalized spacial score (nSPS) is 15.2. The van der Waals surface area contributed by atoms with Gasteiger partial charge in [-0.1, -0.05) is 19.3 Å². The number of rotatable bonds is 5. The highest BCUT2D eigenvalue weighted by molar-refractivity contribution is 6.03. The van der Waals surface area contributed by atoms with Crippen molar-refractivity contribution in [1.82, 2.24) is 9.55 Å². The number of nitrogens with zero attached hydrogens (tertiary/aromatic N) is 2. The highest BCUT2D eigenvalue weighted by atomic mass is 16.5. The Hall–Kier alpha value is -2.30. The van der Waals surface area contributed by atoms with Gasteiger partial charge < -0.3 is 14.6 Å². The van der Waals surface area contributed by atoms with E-state index in [0.717, 1.165) is 5.69 Å². The van der Waals surface area contributed by atoms with Crippen LogP contribution in [0.3, 0.4) is 0 Å². The fourth-order valence-corrected chi connectivity index (χ4v) is 3.18. The van der Waals surface area contributed by atoms with Gasteiger partial charge in [0.05, 0.1) is 6.61 Å². The lowest BCUT2D eigenvalue weighted by Crippen LogP contribution is -2.19. The number of carbonyl (C=O) groups excluding carboxylic acids is 1. The van der Waals surface area contributed by atoms with E-state index in [0.29, 0.717) is 29.8 Å². The van der Waals surface area contributed by atoms with Gasteiger partial charge in [0.1, 0.15) is 5.69 Å². The van der Waals surface area contributed by atoms with Gasteiger partial charge in [-0.05, 0) is 49.9 Å². The summed E-state index contributed by atoms with van der Waals surface area (Å²) in [5.41, 5.74) is 1.64. The molecule has 1 aliphatic carbocycles. The van der Waals surface area contributed by atoms with Crippen molar-refractivity contribution in [2.24, 2.45) is 13.0 Å². The number of aryl methyl sites for hydroxylation is 1. The molecule has 1 aliphatic rings. The summed E-state index contributed by atoms with van der Waals surface area (Å²) in [4.78, 5) is 16.8. The standard InChI is InChI=1S/C19H25N3O2/c1-14-10-11-16(22(14)2)19(23)21-18-17(9-6-12-20-18)24-13-15-7-4-3-5-8-15/h6,9-12,15H,3-5,7-8,13H2,1-2H3,(H,20,21,23). The number of aromatic nitrogens is 2. The molecule has 0 aromatic carbocycles. The van der Waals surface area contributed by atoms with Gasteiger partial charge in [0.2, 0.25) is 0 Å². The third-order valence-electron chi connectivity index (χ3n) is 4.81. The zero-order chi connectivity index (χ0) is 16.9. The summed E-state index contributed by atoms with van der Waals surface area (Å²) in [5, 5.41) is 2.87. The van der Waals surface area contributed by atoms with Crippen LogP contribution >= 0.6 is 0 Å². The smallest absolute Gasteiger partial charge is 0.273 e. The van der Waals surface area contributed by atoms with Crippen molar-refractivity contribution in [1.29, 1.82) is 0 Å². The number of nitrogens with one attached hydrogen (secondary N) is 1. The van der Waals surface area contributed by atoms with Gasteiger partial charge in [0.15, 0.2) is 11.6 Å². The van der Waals surface area contributed by atoms with E-state index in [2.05, 4.69) is 10.3 Å². The second-order valence-corrected chi connectivity index (χ2v) is 6.54. The minimum absolute atomic E-state index is 0.174. The molecule has 5 nitrogen and oxygen atoms in total. The van der Waals surface area contributed by atoms with Crippen molar-refractivity contribution in [3.63, 3.8) is 0 Å². The third-order valence-corrected chi connectivity index (χ3v) is 4.81. The van der Waals surface area contributed by atoms with Crippen molar-refractivity contribution < 1.29 is 9.53 Å². The summed E-state index contributed by atoms with van der Waals surface area (Å²) in [7, 11) is 1.88. The van der Waals surface area contributed by atoms with E-state index < -0.39 is 0 Å². The Bertz CT molecular complexity index is 702. The molecular formula is C19H25N3O2. The van der Waals surface area contributed by atoms with Crippen LogP contribution in [0, 0.1) is 12.8 Å². The van der Waals surface area contributed by atoms with Gasteiger partial charge in [0, 0.05) is 18.9 Å². The molecule has 0 atom stereocenters. The number of hydrogen-bond donors (Lipinski definition) is 1. The number of ether oxygens (including phenoxy) is 1. The van der Waals surface area contributed by atoms with Crippen molar-refractivity contribution in [3.8, 4) is 5.75 Å². The van der Waals surface area contributed by atoms with Crippen molar-refractivity contribution in [2.75, 3.05) is 11.9 Å². The van der Waals surface area contributed by atoms with Crippen molar-refractivity contribution in [2.45, 2.75) is 39.0 Å². The van der Waals surface area contributed by atoms with Gasteiger partial charge in [-0.3, -0.25) is 4.79 Å². The Balaban J connectivity index is 1.67. The van der Waals surface area contributed by atoms with Crippen LogP contribution in [0.4, 0.5) is 5.82 Å². The molecule has 0 spiro atoms. The Kier molecular flexibility index (Phi) is 5.18. The molecule has 1 saturated carbocycles. The number of hydrogen-bond acceptors (Lipinski definition) is 3. The third kappa shape index (κ3) is 3.78. The van der Waals surface area contributed by atoms with Crippen LogP contribution in [0.25, 0.3) is 0 Å². The quantitative estimate of drug-likeness (QED) is 0.905. The van der Waals surface area contributed by atoms with Crippen LogP contribution in [0.2, 0.25) is 0 Å². The van der Waals surface area contributed by atoms with Gasteiger partial charge in [-0.15, -0.1) is 0 Å². The van der Waals surface area contributed by atoms with E-state index in [9.17, 15) is 4.79 Å². The number of anilines is 1. The molecule has 0 radical (unpaired) electrons. The van der Waals surface area contributed by atoms with Crippen LogP contribution < -0.4 is 10.1 Å². The molecule has 0 bridgehead atoms. The van der Waals surface area contributed by atoms with Crippen LogP contribution in [-0.2, 0) is 7.05 Å². The lowest BCUT2D eigenvalue weighted by molar-refractivity contribution is 0.101. The second-order valence-electron chi connectivity index (χ2n) is 6.54. The fraction of sp³-hybridized carbons (Fsp3) is 0.474. The van der Waals surface area contributed by atoms with Gasteiger partial charge >= 0.3 is 0 Å². The first kappa shape index (κ1) is 16.6. The van der Waals surface area contributed by atoms with Gasteiger partial charge in [-0.2, -0.15) is 0 Å². The summed E-state index contributed by atoms with van der Waals surface area (Å²) in [5.74, 6) is 1.56. The summed E-state index contributed by atoms with van der Waals surface area (Å²) < 4.78 is 7.83. The zero-order valence-corrected chi connectivity index (χ0v) is 14.4. The molecule has 1 fully saturated rings. The number of carbonyl (C=O) groups is 1. The summed E-state index contributed by atoms with van der Waals surface area (Å²) in [6, 6.07) is 7.43. The molecule has 5 heteroatoms. The van der Waals surface area contributed by atoms with E-state index in [4.69, 9.17) is 4.74 Å². The van der Waals surface area contributed by atoms with E-state index >= 15 is 0 Å². The first-order chi connectivity index (χ1) is 11.6. The Labute approximate surface area is 143 Å². The molecule has 128 valence electrons. The second kappa shape index (κ2) is 7.51. The molecule has 3 rings (SSSR count). The highest BCUT2D eigenvalue weighted by Crippen LogP contribution is 2.27. The molecular weight excluding hydrogens is 302 g/mol. The van der Waals surface area contributed by atoms with Gasteiger partial charge in [0.25, 0.3) is 5.91 Å². The zero-order valence-electron chi connectivity index (χ0n) is 14.4. The highest BCUT2D eigenvalue weighted by Gasteiger charge is 2.17. The molecule has 0 unspecified atom stereocenters. The van der Waals surface area contributed by atoms with Crippen LogP contribution in [0.15, 0.2) is 30.5 Å². The SMILES string of the molecule is Cc1ccc(C(=O)Nc2ncccc2OCC2CCCCC2)n1C. The average Bonchev–Trinajstić information content (AvgIpc) is 2.94. The molecule has 0 saturated heterocycles. The first-order valence-corrected chi connectivity index (χ1v) is 8.66. The largest absolute Gasteiger partial charge is 0.489 e. The maximum absolute atomic E-state index is 12.5. The minimum atomic E-state index is -0.174. The van der Waals surface area contributed by atoms with E-state index in [1.165, 1.54) is 32.1 Å². The Morgan fingerprint density at radius 1 is 1.29 bits per heavy atom. The predicted octanol–water partition coefficient (Wildman–Crippen LogP) is 3.94. The van der Waals surface area contributed by atoms with Gasteiger partial charge in [-0.25, -0.2) is 4.98 Å². The van der Waals surface area contributed by atoms with E-state index in [-0.39, 0.29) is 5.91 Å². The van der Waals surface area contributed by atoms with E-state index in [1.54, 1.807) is 6.20 Å². The molecule has 1 amide bonds. The Morgan fingerprint density at radius 2 is 2.08 bits per heavy atom. The molecule has 2 heterocycles. The average molecular weight is 327 g/mol. The molecule has 2 aromatic rings. The van der Waals surface area contributed by atoms with E-state index in [1.807, 2.05) is 42.8 Å². The summed E-state index contributed by atoms with van der Waals surface area (Å²) >= 11 is 0. The van der Waals surface area contributed by atoms with Crippen molar-refractivity contribution >= 4 is 11.7 Å². The first-order valence-electron chi connectivity index (χ1n) is 8.66. The maximum atomic E-state index is 12.5. The lowest BCUT2D eigenvalue weighted by Gasteiger charge is -2.22. The monoisotopic (exact) mass is 327 g/mol. The van der Waals surface area contributed by atoms with Crippen LogP contribution in [0.5, 0.6) is 5.75 Å². The number of amides is 1. The maximum Gasteiger partial charge on any atom is 0.273 e. The molecule has 2 aromatic heterocycles. The topological polar surface area (TPSA) is 56.1 Å². The minimum Gasteiger partial charge on any atom is -0.489 e. The predicted molar refractivity (Wildman–Crippen MR) is 94.4 cm³/mol. The molecule has 24 heavy (non-hydrogen) atoms. The number of pyridine rings is 1.